The number of anilines is 1. The van der Waals surface area contributed by atoms with Crippen LogP contribution in [0.25, 0.3) is 11.4 Å². The standard InChI is InChI=1S/C22H22ClFN4O/c23-19-10-9-17(25-21(29)11-8-15-5-4-6-16(24)13-15)14-18(19)22-27-26-20-7-2-1-3-12-28(20)22/h4-6,9-10,13-14H,1-3,7-8,11-12H2,(H,25,29). The first kappa shape index (κ1) is 19.6. The molecule has 1 aromatic heterocycles. The van der Waals surface area contributed by atoms with Crippen LogP contribution in [0.3, 0.4) is 0 Å². The number of carbonyl (C=O) groups is 1. The molecule has 5 nitrogen and oxygen atoms in total. The lowest BCUT2D eigenvalue weighted by Gasteiger charge is -2.11. The molecule has 0 radical (unpaired) electrons. The highest BCUT2D eigenvalue weighted by Crippen LogP contribution is 2.31. The Hall–Kier alpha value is -2.73. The second-order valence-corrected chi connectivity index (χ2v) is 7.68. The Balaban J connectivity index is 1.49. The lowest BCUT2D eigenvalue weighted by molar-refractivity contribution is -0.116. The van der Waals surface area contributed by atoms with Gasteiger partial charge in [0.05, 0.1) is 5.02 Å². The number of hydrogen-bond acceptors (Lipinski definition) is 3. The zero-order valence-electron chi connectivity index (χ0n) is 16.0. The van der Waals surface area contributed by atoms with Gasteiger partial charge in [-0.15, -0.1) is 10.2 Å². The van der Waals surface area contributed by atoms with Crippen LogP contribution in [0.4, 0.5) is 10.1 Å². The van der Waals surface area contributed by atoms with Crippen LogP contribution in [0, 0.1) is 5.82 Å². The van der Waals surface area contributed by atoms with Gasteiger partial charge in [-0.3, -0.25) is 4.79 Å². The van der Waals surface area contributed by atoms with Gasteiger partial charge < -0.3 is 9.88 Å². The highest BCUT2D eigenvalue weighted by atomic mass is 35.5. The van der Waals surface area contributed by atoms with Gasteiger partial charge in [-0.25, -0.2) is 4.39 Å². The van der Waals surface area contributed by atoms with E-state index >= 15 is 0 Å². The third-order valence-corrected chi connectivity index (χ3v) is 5.46. The molecular weight excluding hydrogens is 391 g/mol. The first-order valence-corrected chi connectivity index (χ1v) is 10.2. The van der Waals surface area contributed by atoms with Crippen molar-refractivity contribution >= 4 is 23.2 Å². The maximum atomic E-state index is 13.3. The summed E-state index contributed by atoms with van der Waals surface area (Å²) in [4.78, 5) is 12.4. The largest absolute Gasteiger partial charge is 0.326 e. The fraction of sp³-hybridized carbons (Fsp3) is 0.318. The SMILES string of the molecule is O=C(CCc1cccc(F)c1)Nc1ccc(Cl)c(-c2nnc3n2CCCCC3)c1. The summed E-state index contributed by atoms with van der Waals surface area (Å²) >= 11 is 6.43. The Labute approximate surface area is 173 Å². The predicted octanol–water partition coefficient (Wildman–Crippen LogP) is 5.04. The van der Waals surface area contributed by atoms with Crippen LogP contribution in [-0.2, 0) is 24.2 Å². The number of fused-ring (bicyclic) bond motifs is 1. The Bertz CT molecular complexity index is 1030. The molecule has 1 amide bonds. The molecule has 0 fully saturated rings. The van der Waals surface area contributed by atoms with E-state index in [1.165, 1.54) is 18.6 Å². The molecule has 2 aromatic carbocycles. The third-order valence-electron chi connectivity index (χ3n) is 5.13. The van der Waals surface area contributed by atoms with E-state index in [0.717, 1.165) is 48.6 Å². The number of amides is 1. The van der Waals surface area contributed by atoms with E-state index in [1.807, 2.05) is 12.1 Å². The van der Waals surface area contributed by atoms with Gasteiger partial charge in [0.2, 0.25) is 5.91 Å². The Morgan fingerprint density at radius 1 is 1.14 bits per heavy atom. The van der Waals surface area contributed by atoms with Gasteiger partial charge in [-0.2, -0.15) is 0 Å². The molecule has 0 unspecified atom stereocenters. The number of nitrogens with zero attached hydrogens (tertiary/aromatic N) is 3. The molecule has 2 heterocycles. The van der Waals surface area contributed by atoms with Gasteiger partial charge in [0.15, 0.2) is 5.82 Å². The number of halogens is 2. The minimum atomic E-state index is -0.294. The smallest absolute Gasteiger partial charge is 0.224 e. The summed E-state index contributed by atoms with van der Waals surface area (Å²) in [5, 5.41) is 12.2. The van der Waals surface area contributed by atoms with E-state index < -0.39 is 0 Å². The highest BCUT2D eigenvalue weighted by Gasteiger charge is 2.18. The molecule has 4 rings (SSSR count). The number of carbonyl (C=O) groups excluding carboxylic acids is 1. The van der Waals surface area contributed by atoms with Gasteiger partial charge in [-0.1, -0.05) is 30.2 Å². The van der Waals surface area contributed by atoms with E-state index in [2.05, 4.69) is 20.1 Å². The van der Waals surface area contributed by atoms with Gasteiger partial charge >= 0.3 is 0 Å². The van der Waals surface area contributed by atoms with Crippen LogP contribution in [-0.4, -0.2) is 20.7 Å². The topological polar surface area (TPSA) is 59.8 Å². The molecular formula is C22H22ClFN4O. The van der Waals surface area contributed by atoms with Gasteiger partial charge in [-0.05, 0) is 55.2 Å². The second-order valence-electron chi connectivity index (χ2n) is 7.27. The molecule has 1 N–H and O–H groups in total. The van der Waals surface area contributed by atoms with Crippen LogP contribution in [0.15, 0.2) is 42.5 Å². The molecule has 0 aliphatic carbocycles. The van der Waals surface area contributed by atoms with Crippen molar-refractivity contribution in [2.45, 2.75) is 45.1 Å². The van der Waals surface area contributed by atoms with E-state index in [9.17, 15) is 9.18 Å². The quantitative estimate of drug-likeness (QED) is 0.639. The molecule has 1 aliphatic rings. The van der Waals surface area contributed by atoms with Crippen molar-refractivity contribution in [3.8, 4) is 11.4 Å². The van der Waals surface area contributed by atoms with Crippen LogP contribution < -0.4 is 5.32 Å². The molecule has 0 saturated heterocycles. The summed E-state index contributed by atoms with van der Waals surface area (Å²) in [7, 11) is 0. The number of aromatic nitrogens is 3. The van der Waals surface area contributed by atoms with E-state index in [-0.39, 0.29) is 18.1 Å². The van der Waals surface area contributed by atoms with Crippen molar-refractivity contribution in [3.05, 3.63) is 64.7 Å². The molecule has 7 heteroatoms. The van der Waals surface area contributed by atoms with Crippen molar-refractivity contribution < 1.29 is 9.18 Å². The number of rotatable bonds is 5. The molecule has 0 atom stereocenters. The zero-order valence-corrected chi connectivity index (χ0v) is 16.8. The molecule has 150 valence electrons. The van der Waals surface area contributed by atoms with Crippen LogP contribution in [0.1, 0.15) is 37.1 Å². The highest BCUT2D eigenvalue weighted by molar-refractivity contribution is 6.33. The third kappa shape index (κ3) is 4.65. The van der Waals surface area contributed by atoms with Gasteiger partial charge in [0.1, 0.15) is 11.6 Å². The summed E-state index contributed by atoms with van der Waals surface area (Å²) in [5.41, 5.74) is 2.21. The fourth-order valence-corrected chi connectivity index (χ4v) is 3.83. The summed E-state index contributed by atoms with van der Waals surface area (Å²) in [6, 6.07) is 11.7. The molecule has 0 saturated carbocycles. The number of benzene rings is 2. The first-order valence-electron chi connectivity index (χ1n) is 9.86. The van der Waals surface area contributed by atoms with Crippen LogP contribution >= 0.6 is 11.6 Å². The fourth-order valence-electron chi connectivity index (χ4n) is 3.63. The normalized spacial score (nSPS) is 13.6. The predicted molar refractivity (Wildman–Crippen MR) is 111 cm³/mol. The average molecular weight is 413 g/mol. The monoisotopic (exact) mass is 412 g/mol. The van der Waals surface area contributed by atoms with Crippen molar-refractivity contribution in [2.24, 2.45) is 0 Å². The van der Waals surface area contributed by atoms with Crippen molar-refractivity contribution in [1.29, 1.82) is 0 Å². The maximum Gasteiger partial charge on any atom is 0.224 e. The summed E-state index contributed by atoms with van der Waals surface area (Å²) in [6.45, 7) is 0.873. The average Bonchev–Trinajstić information content (AvgIpc) is 2.95. The molecule has 29 heavy (non-hydrogen) atoms. The van der Waals surface area contributed by atoms with Gasteiger partial charge in [0, 0.05) is 30.6 Å². The lowest BCUT2D eigenvalue weighted by Crippen LogP contribution is -2.12. The van der Waals surface area contributed by atoms with Crippen molar-refractivity contribution in [2.75, 3.05) is 5.32 Å². The molecule has 3 aromatic rings. The Morgan fingerprint density at radius 3 is 2.90 bits per heavy atom. The molecule has 0 spiro atoms. The summed E-state index contributed by atoms with van der Waals surface area (Å²) in [5.74, 6) is 1.29. The number of nitrogens with one attached hydrogen (secondary N) is 1. The minimum Gasteiger partial charge on any atom is -0.326 e. The maximum absolute atomic E-state index is 13.3. The van der Waals surface area contributed by atoms with Crippen LogP contribution in [0.2, 0.25) is 5.02 Å². The van der Waals surface area contributed by atoms with E-state index in [0.29, 0.717) is 17.1 Å². The van der Waals surface area contributed by atoms with Gasteiger partial charge in [0.25, 0.3) is 0 Å². The molecule has 1 aliphatic heterocycles. The number of aryl methyl sites for hydroxylation is 2. The second kappa shape index (κ2) is 8.74. The lowest BCUT2D eigenvalue weighted by atomic mass is 10.1. The molecule has 0 bridgehead atoms. The Morgan fingerprint density at radius 2 is 2.03 bits per heavy atom. The zero-order chi connectivity index (χ0) is 20.2. The summed E-state index contributed by atoms with van der Waals surface area (Å²) in [6.07, 6.45) is 5.04. The summed E-state index contributed by atoms with van der Waals surface area (Å²) < 4.78 is 15.4. The van der Waals surface area contributed by atoms with E-state index in [1.54, 1.807) is 18.2 Å². The van der Waals surface area contributed by atoms with Crippen LogP contribution in [0.5, 0.6) is 0 Å². The Kier molecular flexibility index (Phi) is 5.90. The first-order chi connectivity index (χ1) is 14.1. The number of hydrogen-bond donors (Lipinski definition) is 1. The van der Waals surface area contributed by atoms with Crippen molar-refractivity contribution in [3.63, 3.8) is 0 Å². The minimum absolute atomic E-state index is 0.136. The van der Waals surface area contributed by atoms with E-state index in [4.69, 9.17) is 11.6 Å². The van der Waals surface area contributed by atoms with Crippen molar-refractivity contribution in [1.82, 2.24) is 14.8 Å².